The van der Waals surface area contributed by atoms with Crippen LogP contribution in [0.25, 0.3) is 65.7 Å². The summed E-state index contributed by atoms with van der Waals surface area (Å²) in [4.78, 5) is 63.4. The van der Waals surface area contributed by atoms with Gasteiger partial charge >= 0.3 is 11.9 Å². The highest BCUT2D eigenvalue weighted by Gasteiger charge is 2.23. The largest absolute Gasteiger partial charge is 0.427 e. The van der Waals surface area contributed by atoms with Gasteiger partial charge in [0.2, 0.25) is 0 Å². The first-order chi connectivity index (χ1) is 26.4. The van der Waals surface area contributed by atoms with Gasteiger partial charge in [0.05, 0.1) is 22.1 Å². The van der Waals surface area contributed by atoms with Gasteiger partial charge in [0, 0.05) is 45.2 Å². The number of carbonyl (C=O) groups excluding carboxylic acids is 2. The van der Waals surface area contributed by atoms with Gasteiger partial charge in [0.25, 0.3) is 11.1 Å². The van der Waals surface area contributed by atoms with Crippen molar-refractivity contribution in [1.29, 1.82) is 0 Å². The van der Waals surface area contributed by atoms with E-state index in [-0.39, 0.29) is 35.9 Å². The standard InChI is InChI=1S/C44H28N4O6/c49-37(53-27-7-3-1-4-8-27)21-13-25-12-20-35-34(23-25)46-42-30-16-18-32-39-29(15-17-31(40(30)39)43(51)47(35)42)41-45-33-19-11-26(24-36(33)48(41)44(32)52)14-22-38(50)54-28-9-5-2-6-10-28/h1-12,15-20,23-24H,13-14,21-22H2. The van der Waals surface area contributed by atoms with Crippen LogP contribution in [0.5, 0.6) is 11.5 Å². The van der Waals surface area contributed by atoms with Gasteiger partial charge in [-0.05, 0) is 96.8 Å². The number of fused-ring (bicyclic) bond motifs is 8. The van der Waals surface area contributed by atoms with Crippen molar-refractivity contribution in [2.75, 3.05) is 0 Å². The fraction of sp³-hybridized carbons (Fsp3) is 0.0909. The Balaban J connectivity index is 1.04. The molecule has 0 aliphatic rings. The zero-order valence-corrected chi connectivity index (χ0v) is 28.6. The Labute approximate surface area is 305 Å². The number of para-hydroxylation sites is 2. The van der Waals surface area contributed by atoms with E-state index in [2.05, 4.69) is 0 Å². The van der Waals surface area contributed by atoms with E-state index >= 15 is 0 Å². The van der Waals surface area contributed by atoms with Crippen molar-refractivity contribution >= 4 is 77.6 Å². The molecule has 260 valence electrons. The molecule has 4 heterocycles. The van der Waals surface area contributed by atoms with Gasteiger partial charge in [-0.2, -0.15) is 0 Å². The number of hydrogen-bond donors (Lipinski definition) is 0. The third-order valence-electron chi connectivity index (χ3n) is 10.1. The second-order valence-electron chi connectivity index (χ2n) is 13.4. The Kier molecular flexibility index (Phi) is 7.12. The number of benzene rings is 6. The number of rotatable bonds is 8. The van der Waals surface area contributed by atoms with Gasteiger partial charge in [0.15, 0.2) is 0 Å². The summed E-state index contributed by atoms with van der Waals surface area (Å²) in [5.74, 6) is 0.323. The molecular formula is C44H28N4O6. The quantitative estimate of drug-likeness (QED) is 0.0909. The highest BCUT2D eigenvalue weighted by Crippen LogP contribution is 2.37. The van der Waals surface area contributed by atoms with E-state index in [1.807, 2.05) is 84.9 Å². The number of pyridine rings is 2. The predicted molar refractivity (Wildman–Crippen MR) is 207 cm³/mol. The first-order valence-electron chi connectivity index (χ1n) is 17.7. The minimum atomic E-state index is -0.342. The average Bonchev–Trinajstić information content (AvgIpc) is 3.77. The molecule has 0 spiro atoms. The number of carbonyl (C=O) groups is 2. The van der Waals surface area contributed by atoms with E-state index in [9.17, 15) is 19.2 Å². The van der Waals surface area contributed by atoms with Gasteiger partial charge in [-0.25, -0.2) is 9.97 Å². The van der Waals surface area contributed by atoms with Crippen LogP contribution >= 0.6 is 0 Å². The SMILES string of the molecule is O=C(CCc1ccc2c(c1)nc1c3ccc4c(=O)n5c6cc(CCC(=O)Oc7ccccc7)ccc6nc5c5ccc(c(=O)n21)c3c45)Oc1ccccc1. The Morgan fingerprint density at radius 2 is 0.981 bits per heavy atom. The average molecular weight is 709 g/mol. The smallest absolute Gasteiger partial charge is 0.311 e. The van der Waals surface area contributed by atoms with Crippen molar-refractivity contribution in [3.05, 3.63) is 153 Å². The molecule has 0 radical (unpaired) electrons. The fourth-order valence-electron chi connectivity index (χ4n) is 7.63. The van der Waals surface area contributed by atoms with E-state index in [1.165, 1.54) is 0 Å². The topological polar surface area (TPSA) is 121 Å². The minimum Gasteiger partial charge on any atom is -0.427 e. The van der Waals surface area contributed by atoms with E-state index in [1.54, 1.807) is 45.2 Å². The Morgan fingerprint density at radius 1 is 0.500 bits per heavy atom. The molecule has 0 aliphatic carbocycles. The molecule has 0 amide bonds. The van der Waals surface area contributed by atoms with Crippen molar-refractivity contribution in [1.82, 2.24) is 18.8 Å². The van der Waals surface area contributed by atoms with Crippen molar-refractivity contribution in [3.8, 4) is 11.5 Å². The van der Waals surface area contributed by atoms with Gasteiger partial charge in [-0.3, -0.25) is 28.0 Å². The summed E-state index contributed by atoms with van der Waals surface area (Å²) in [5.41, 5.74) is 4.86. The number of nitrogens with zero attached hydrogens (tertiary/aromatic N) is 4. The Morgan fingerprint density at radius 3 is 1.56 bits per heavy atom. The predicted octanol–water partition coefficient (Wildman–Crippen LogP) is 7.42. The summed E-state index contributed by atoms with van der Waals surface area (Å²) >= 11 is 0. The molecule has 0 saturated carbocycles. The zero-order chi connectivity index (χ0) is 36.5. The maximum absolute atomic E-state index is 14.3. The van der Waals surface area contributed by atoms with Crippen molar-refractivity contribution < 1.29 is 19.1 Å². The molecular weight excluding hydrogens is 681 g/mol. The maximum Gasteiger partial charge on any atom is 0.311 e. The maximum atomic E-state index is 14.3. The van der Waals surface area contributed by atoms with Crippen LogP contribution in [-0.4, -0.2) is 30.7 Å². The molecule has 0 aliphatic heterocycles. The lowest BCUT2D eigenvalue weighted by molar-refractivity contribution is -0.135. The van der Waals surface area contributed by atoms with Crippen LogP contribution in [0.2, 0.25) is 0 Å². The van der Waals surface area contributed by atoms with Crippen LogP contribution in [-0.2, 0) is 22.4 Å². The Hall–Kier alpha value is -7.20. The number of imidazole rings is 2. The summed E-state index contributed by atoms with van der Waals surface area (Å²) in [5, 5.41) is 3.79. The molecule has 6 aromatic carbocycles. The molecule has 0 N–H and O–H groups in total. The number of esters is 2. The highest BCUT2D eigenvalue weighted by atomic mass is 16.5. The number of aryl methyl sites for hydroxylation is 2. The second-order valence-corrected chi connectivity index (χ2v) is 13.4. The molecule has 10 rings (SSSR count). The molecule has 54 heavy (non-hydrogen) atoms. The monoisotopic (exact) mass is 708 g/mol. The van der Waals surface area contributed by atoms with Gasteiger partial charge in [-0.15, -0.1) is 0 Å². The van der Waals surface area contributed by atoms with E-state index in [0.717, 1.165) is 21.9 Å². The van der Waals surface area contributed by atoms with Gasteiger partial charge in [0.1, 0.15) is 22.8 Å². The fourth-order valence-corrected chi connectivity index (χ4v) is 7.63. The molecule has 10 heteroatoms. The lowest BCUT2D eigenvalue weighted by Crippen LogP contribution is -2.16. The lowest BCUT2D eigenvalue weighted by Gasteiger charge is -2.12. The van der Waals surface area contributed by atoms with Crippen molar-refractivity contribution in [3.63, 3.8) is 0 Å². The third kappa shape index (κ3) is 5.02. The summed E-state index contributed by atoms with van der Waals surface area (Å²) < 4.78 is 14.1. The molecule has 10 nitrogen and oxygen atoms in total. The Bertz CT molecular complexity index is 3240. The van der Waals surface area contributed by atoms with Crippen LogP contribution < -0.4 is 20.6 Å². The first kappa shape index (κ1) is 31.5. The van der Waals surface area contributed by atoms with Crippen LogP contribution in [0.3, 0.4) is 0 Å². The summed E-state index contributed by atoms with van der Waals surface area (Å²) in [6.45, 7) is 0. The molecule has 0 bridgehead atoms. The van der Waals surface area contributed by atoms with Crippen molar-refractivity contribution in [2.45, 2.75) is 25.7 Å². The van der Waals surface area contributed by atoms with Gasteiger partial charge < -0.3 is 9.47 Å². The van der Waals surface area contributed by atoms with Crippen LogP contribution in [0, 0.1) is 0 Å². The van der Waals surface area contributed by atoms with E-state index in [0.29, 0.717) is 79.2 Å². The molecule has 0 unspecified atom stereocenters. The molecule has 10 aromatic rings. The third-order valence-corrected chi connectivity index (χ3v) is 10.1. The minimum absolute atomic E-state index is 0.173. The normalized spacial score (nSPS) is 11.9. The summed E-state index contributed by atoms with van der Waals surface area (Å²) in [6.07, 6.45) is 1.24. The molecule has 4 aromatic heterocycles. The van der Waals surface area contributed by atoms with Crippen molar-refractivity contribution in [2.24, 2.45) is 0 Å². The lowest BCUT2D eigenvalue weighted by atomic mass is 9.96. The van der Waals surface area contributed by atoms with Crippen LogP contribution in [0.1, 0.15) is 24.0 Å². The van der Waals surface area contributed by atoms with Crippen LogP contribution in [0.4, 0.5) is 0 Å². The van der Waals surface area contributed by atoms with Crippen LogP contribution in [0.15, 0.2) is 131 Å². The number of ether oxygens (including phenoxy) is 2. The summed E-state index contributed by atoms with van der Waals surface area (Å²) in [6, 6.07) is 36.6. The van der Waals surface area contributed by atoms with E-state index in [4.69, 9.17) is 19.4 Å². The molecule has 0 fully saturated rings. The molecule has 0 saturated heterocycles. The molecule has 0 atom stereocenters. The summed E-state index contributed by atoms with van der Waals surface area (Å²) in [7, 11) is 0. The second kappa shape index (κ2) is 12.2. The van der Waals surface area contributed by atoms with E-state index < -0.39 is 0 Å². The first-order valence-corrected chi connectivity index (χ1v) is 17.7. The zero-order valence-electron chi connectivity index (χ0n) is 28.6. The van der Waals surface area contributed by atoms with Gasteiger partial charge in [-0.1, -0.05) is 48.5 Å². The highest BCUT2D eigenvalue weighted by molar-refractivity contribution is 6.27. The number of hydrogen-bond acceptors (Lipinski definition) is 8. The number of aromatic nitrogens is 4.